The van der Waals surface area contributed by atoms with E-state index in [1.54, 1.807) is 18.2 Å². The molecule has 1 fully saturated rings. The zero-order valence-electron chi connectivity index (χ0n) is 17.8. The van der Waals surface area contributed by atoms with E-state index in [0.29, 0.717) is 11.1 Å². The van der Waals surface area contributed by atoms with Crippen LogP contribution in [0.15, 0.2) is 30.5 Å². The van der Waals surface area contributed by atoms with Gasteiger partial charge in [-0.05, 0) is 23.2 Å². The van der Waals surface area contributed by atoms with E-state index in [2.05, 4.69) is 36.8 Å². The van der Waals surface area contributed by atoms with Crippen molar-refractivity contribution >= 4 is 13.3 Å². The van der Waals surface area contributed by atoms with Gasteiger partial charge in [0, 0.05) is 30.4 Å². The third-order valence-corrected chi connectivity index (χ3v) is 6.96. The normalized spacial score (nSPS) is 17.7. The molecule has 0 spiro atoms. The summed E-state index contributed by atoms with van der Waals surface area (Å²) < 4.78 is 23.5. The minimum absolute atomic E-state index is 0. The maximum Gasteiger partial charge on any atom is 0.0798 e. The first-order valence-electron chi connectivity index (χ1n) is 10.2. The number of benzene rings is 1. The first-order chi connectivity index (χ1) is 12.2. The van der Waals surface area contributed by atoms with Crippen LogP contribution in [0.4, 0.5) is 0 Å². The van der Waals surface area contributed by atoms with E-state index < -0.39 is 14.9 Å². The Labute approximate surface area is 165 Å². The Morgan fingerprint density at radius 1 is 1.29 bits per heavy atom. The summed E-state index contributed by atoms with van der Waals surface area (Å²) in [5, 5.41) is 1.40. The van der Waals surface area contributed by atoms with Gasteiger partial charge in [0.15, 0.2) is 0 Å². The molecule has 131 valence electrons. The standard InChI is InChI=1S/C21H28NSi.Ir/c1-16-9-5-8-12-19(16)20-14-18(13-17-10-6-7-11-17)21(15-22-20)23(2,3)4;/h5,8-9,14-15,17H,6-7,10-11,13H2,1-4H3;/q-1;/i1D3;. The van der Waals surface area contributed by atoms with Crippen LogP contribution in [0.3, 0.4) is 0 Å². The molecule has 1 saturated carbocycles. The van der Waals surface area contributed by atoms with E-state index in [1.165, 1.54) is 36.4 Å². The van der Waals surface area contributed by atoms with Crippen LogP contribution in [0.5, 0.6) is 0 Å². The number of hydrogen-bond donors (Lipinski definition) is 0. The molecular formula is C21H28IrNSi-. The number of rotatable bonds is 4. The number of pyridine rings is 1. The van der Waals surface area contributed by atoms with E-state index >= 15 is 0 Å². The van der Waals surface area contributed by atoms with Gasteiger partial charge in [-0.3, -0.25) is 0 Å². The molecule has 0 amide bonds. The van der Waals surface area contributed by atoms with Crippen LogP contribution < -0.4 is 5.19 Å². The van der Waals surface area contributed by atoms with Crippen molar-refractivity contribution in [2.45, 2.75) is 58.6 Å². The molecule has 0 saturated heterocycles. The molecule has 1 radical (unpaired) electrons. The van der Waals surface area contributed by atoms with Crippen LogP contribution in [0.1, 0.15) is 40.9 Å². The van der Waals surface area contributed by atoms with Crippen molar-refractivity contribution in [2.75, 3.05) is 0 Å². The van der Waals surface area contributed by atoms with Crippen molar-refractivity contribution in [1.29, 1.82) is 0 Å². The molecule has 0 N–H and O–H groups in total. The zero-order chi connectivity index (χ0) is 18.9. The van der Waals surface area contributed by atoms with Crippen molar-refractivity contribution in [2.24, 2.45) is 5.92 Å². The van der Waals surface area contributed by atoms with E-state index in [0.717, 1.165) is 18.0 Å². The van der Waals surface area contributed by atoms with Gasteiger partial charge in [0.2, 0.25) is 0 Å². The summed E-state index contributed by atoms with van der Waals surface area (Å²) in [4.78, 5) is 4.68. The van der Waals surface area contributed by atoms with Gasteiger partial charge in [0.05, 0.1) is 8.07 Å². The number of aryl methyl sites for hydroxylation is 1. The Morgan fingerprint density at radius 3 is 2.71 bits per heavy atom. The van der Waals surface area contributed by atoms with Crippen LogP contribution >= 0.6 is 0 Å². The molecule has 1 aliphatic carbocycles. The molecule has 0 aliphatic heterocycles. The van der Waals surface area contributed by atoms with Gasteiger partial charge < -0.3 is 4.98 Å². The summed E-state index contributed by atoms with van der Waals surface area (Å²) in [6, 6.07) is 10.5. The van der Waals surface area contributed by atoms with Crippen LogP contribution in [0.25, 0.3) is 11.3 Å². The molecule has 1 nitrogen and oxygen atoms in total. The van der Waals surface area contributed by atoms with Crippen molar-refractivity contribution in [3.63, 3.8) is 0 Å². The van der Waals surface area contributed by atoms with Crippen LogP contribution in [-0.4, -0.2) is 13.1 Å². The molecule has 1 aromatic carbocycles. The smallest absolute Gasteiger partial charge is 0.0798 e. The van der Waals surface area contributed by atoms with Gasteiger partial charge in [-0.2, -0.15) is 0 Å². The molecule has 0 atom stereocenters. The predicted octanol–water partition coefficient (Wildman–Crippen LogP) is 5.13. The van der Waals surface area contributed by atoms with Crippen LogP contribution in [0.2, 0.25) is 19.6 Å². The van der Waals surface area contributed by atoms with Crippen molar-refractivity contribution in [3.8, 4) is 11.3 Å². The fourth-order valence-electron chi connectivity index (χ4n) is 3.65. The topological polar surface area (TPSA) is 12.9 Å². The molecule has 1 aliphatic rings. The molecular weight excluding hydrogens is 487 g/mol. The second-order valence-electron chi connectivity index (χ2n) is 7.79. The SMILES string of the molecule is [2H]C([2H])([2H])c1ccc[c-]c1-c1cc(CC2CCCC2)c([Si](C)(C)C)cn1.[Ir]. The summed E-state index contributed by atoms with van der Waals surface area (Å²) in [6.45, 7) is 4.90. The molecule has 1 aromatic heterocycles. The monoisotopic (exact) mass is 518 g/mol. The molecule has 2 aromatic rings. The largest absolute Gasteiger partial charge is 0.305 e. The first kappa shape index (κ1) is 15.5. The number of nitrogens with zero attached hydrogens (tertiary/aromatic N) is 1. The molecule has 1 heterocycles. The first-order valence-corrected chi connectivity index (χ1v) is 12.2. The Kier molecular flexibility index (Phi) is 5.21. The zero-order valence-corrected chi connectivity index (χ0v) is 18.2. The molecule has 3 rings (SSSR count). The maximum absolute atomic E-state index is 7.83. The fourth-order valence-corrected chi connectivity index (χ4v) is 5.24. The third kappa shape index (κ3) is 4.44. The van der Waals surface area contributed by atoms with Crippen LogP contribution in [0, 0.1) is 18.8 Å². The van der Waals surface area contributed by atoms with E-state index in [1.807, 2.05) is 6.20 Å². The Balaban J connectivity index is 0.00000261. The summed E-state index contributed by atoms with van der Waals surface area (Å²) >= 11 is 0. The summed E-state index contributed by atoms with van der Waals surface area (Å²) in [5.74, 6) is 0.752. The van der Waals surface area contributed by atoms with Crippen molar-refractivity contribution < 1.29 is 24.2 Å². The third-order valence-electron chi connectivity index (χ3n) is 4.89. The summed E-state index contributed by atoms with van der Waals surface area (Å²) in [6.07, 6.45) is 8.38. The predicted molar refractivity (Wildman–Crippen MR) is 102 cm³/mol. The molecule has 0 unspecified atom stereocenters. The van der Waals surface area contributed by atoms with Crippen molar-refractivity contribution in [1.82, 2.24) is 4.98 Å². The average molecular weight is 518 g/mol. The van der Waals surface area contributed by atoms with Gasteiger partial charge in [-0.25, -0.2) is 0 Å². The number of aromatic nitrogens is 1. The maximum atomic E-state index is 7.83. The van der Waals surface area contributed by atoms with E-state index in [-0.39, 0.29) is 20.1 Å². The van der Waals surface area contributed by atoms with Gasteiger partial charge in [-0.1, -0.05) is 63.8 Å². The second-order valence-corrected chi connectivity index (χ2v) is 12.8. The molecule has 3 heteroatoms. The minimum atomic E-state index is -2.15. The van der Waals surface area contributed by atoms with E-state index in [4.69, 9.17) is 4.11 Å². The summed E-state index contributed by atoms with van der Waals surface area (Å²) in [5.41, 5.74) is 3.06. The second kappa shape index (κ2) is 8.08. The molecule has 0 bridgehead atoms. The Bertz CT molecular complexity index is 778. The van der Waals surface area contributed by atoms with Gasteiger partial charge in [0.25, 0.3) is 0 Å². The van der Waals surface area contributed by atoms with Gasteiger partial charge in [-0.15, -0.1) is 35.4 Å². The summed E-state index contributed by atoms with van der Waals surface area (Å²) in [7, 11) is -1.51. The van der Waals surface area contributed by atoms with Crippen molar-refractivity contribution in [3.05, 3.63) is 47.7 Å². The number of hydrogen-bond acceptors (Lipinski definition) is 1. The fraction of sp³-hybridized carbons (Fsp3) is 0.476. The van der Waals surface area contributed by atoms with Gasteiger partial charge in [0.1, 0.15) is 0 Å². The van der Waals surface area contributed by atoms with Gasteiger partial charge >= 0.3 is 0 Å². The Hall–Kier alpha value is -0.764. The quantitative estimate of drug-likeness (QED) is 0.405. The minimum Gasteiger partial charge on any atom is -0.305 e. The average Bonchev–Trinajstić information content (AvgIpc) is 3.06. The van der Waals surface area contributed by atoms with Crippen LogP contribution in [-0.2, 0) is 26.5 Å². The molecule has 24 heavy (non-hydrogen) atoms. The van der Waals surface area contributed by atoms with E-state index in [9.17, 15) is 0 Å². The Morgan fingerprint density at radius 2 is 2.04 bits per heavy atom.